The molecule has 8 heteroatoms. The van der Waals surface area contributed by atoms with Gasteiger partial charge in [0.15, 0.2) is 0 Å². The summed E-state index contributed by atoms with van der Waals surface area (Å²) < 4.78 is 27.8. The highest BCUT2D eigenvalue weighted by molar-refractivity contribution is 9.11. The predicted octanol–water partition coefficient (Wildman–Crippen LogP) is 2.99. The molecule has 1 aromatic rings. The van der Waals surface area contributed by atoms with Crippen LogP contribution in [0.4, 0.5) is 0 Å². The molecule has 1 aliphatic rings. The maximum absolute atomic E-state index is 12.7. The van der Waals surface area contributed by atoms with Crippen LogP contribution in [0.3, 0.4) is 0 Å². The standard InChI is InChI=1S/C12H19BrN2O2S2.ClH/c1-8-9(6-11(13)18-8)19(16,17)15-5-4-10(14)12(2,3)7-15;/h6,10H,4-5,7,14H2,1-3H3;1H. The van der Waals surface area contributed by atoms with Gasteiger partial charge in [-0.1, -0.05) is 13.8 Å². The molecule has 1 aromatic heterocycles. The van der Waals surface area contributed by atoms with Gasteiger partial charge in [0.05, 0.1) is 8.68 Å². The van der Waals surface area contributed by atoms with Crippen LogP contribution in [0.1, 0.15) is 25.1 Å². The number of rotatable bonds is 2. The third kappa shape index (κ3) is 3.39. The number of hydrogen-bond donors (Lipinski definition) is 1. The van der Waals surface area contributed by atoms with Gasteiger partial charge in [-0.15, -0.1) is 23.7 Å². The summed E-state index contributed by atoms with van der Waals surface area (Å²) in [6, 6.07) is 1.74. The van der Waals surface area contributed by atoms with Crippen molar-refractivity contribution in [3.05, 3.63) is 14.7 Å². The molecule has 20 heavy (non-hydrogen) atoms. The zero-order valence-electron chi connectivity index (χ0n) is 11.7. The Labute approximate surface area is 139 Å². The minimum atomic E-state index is -3.41. The SMILES string of the molecule is Cc1sc(Br)cc1S(=O)(=O)N1CCC(N)C(C)(C)C1.Cl. The van der Waals surface area contributed by atoms with Crippen LogP contribution in [0.5, 0.6) is 0 Å². The molecule has 0 amide bonds. The van der Waals surface area contributed by atoms with Gasteiger partial charge >= 0.3 is 0 Å². The minimum absolute atomic E-state index is 0. The van der Waals surface area contributed by atoms with E-state index in [0.717, 1.165) is 8.66 Å². The molecule has 2 heterocycles. The van der Waals surface area contributed by atoms with E-state index in [1.54, 1.807) is 10.4 Å². The Bertz CT molecular complexity index is 586. The molecule has 0 radical (unpaired) electrons. The lowest BCUT2D eigenvalue weighted by Gasteiger charge is -2.41. The zero-order valence-corrected chi connectivity index (χ0v) is 15.8. The quantitative estimate of drug-likeness (QED) is 0.825. The van der Waals surface area contributed by atoms with E-state index in [1.165, 1.54) is 11.3 Å². The number of hydrogen-bond acceptors (Lipinski definition) is 4. The molecule has 1 unspecified atom stereocenters. The lowest BCUT2D eigenvalue weighted by atomic mass is 9.81. The topological polar surface area (TPSA) is 63.4 Å². The first kappa shape index (κ1) is 18.4. The highest BCUT2D eigenvalue weighted by Crippen LogP contribution is 2.35. The fourth-order valence-corrected chi connectivity index (χ4v) is 6.37. The summed E-state index contributed by atoms with van der Waals surface area (Å²) in [7, 11) is -3.41. The number of nitrogens with two attached hydrogens (primary N) is 1. The summed E-state index contributed by atoms with van der Waals surface area (Å²) in [5.74, 6) is 0. The monoisotopic (exact) mass is 402 g/mol. The van der Waals surface area contributed by atoms with Crippen molar-refractivity contribution in [1.29, 1.82) is 0 Å². The first-order valence-corrected chi connectivity index (χ1v) is 9.21. The Kier molecular flexibility index (Phi) is 5.72. The van der Waals surface area contributed by atoms with E-state index >= 15 is 0 Å². The Morgan fingerprint density at radius 2 is 2.10 bits per heavy atom. The lowest BCUT2D eigenvalue weighted by Crippen LogP contribution is -2.53. The molecule has 0 spiro atoms. The third-order valence-corrected chi connectivity index (χ3v) is 7.39. The molecule has 0 bridgehead atoms. The average Bonchev–Trinajstić information content (AvgIpc) is 2.62. The average molecular weight is 404 g/mol. The minimum Gasteiger partial charge on any atom is -0.327 e. The van der Waals surface area contributed by atoms with E-state index in [9.17, 15) is 8.42 Å². The van der Waals surface area contributed by atoms with Crippen molar-refractivity contribution in [3.63, 3.8) is 0 Å². The molecule has 1 saturated heterocycles. The van der Waals surface area contributed by atoms with E-state index < -0.39 is 10.0 Å². The van der Waals surface area contributed by atoms with Gasteiger partial charge in [-0.05, 0) is 40.8 Å². The van der Waals surface area contributed by atoms with Crippen LogP contribution in [0.2, 0.25) is 0 Å². The molecule has 0 aromatic carbocycles. The van der Waals surface area contributed by atoms with Crippen LogP contribution in [0, 0.1) is 12.3 Å². The molecular weight excluding hydrogens is 384 g/mol. The van der Waals surface area contributed by atoms with Crippen molar-refractivity contribution in [2.75, 3.05) is 13.1 Å². The van der Waals surface area contributed by atoms with E-state index in [0.29, 0.717) is 24.4 Å². The second kappa shape index (κ2) is 6.22. The Balaban J connectivity index is 0.00000200. The van der Waals surface area contributed by atoms with Crippen molar-refractivity contribution in [3.8, 4) is 0 Å². The summed E-state index contributed by atoms with van der Waals surface area (Å²) in [4.78, 5) is 1.23. The van der Waals surface area contributed by atoms with E-state index in [1.807, 2.05) is 20.8 Å². The van der Waals surface area contributed by atoms with Gasteiger partial charge in [-0.2, -0.15) is 4.31 Å². The van der Waals surface area contributed by atoms with Gasteiger partial charge in [-0.3, -0.25) is 0 Å². The van der Waals surface area contributed by atoms with E-state index in [-0.39, 0.29) is 23.9 Å². The van der Waals surface area contributed by atoms with Crippen LogP contribution in [-0.2, 0) is 10.0 Å². The zero-order chi connectivity index (χ0) is 14.4. The van der Waals surface area contributed by atoms with Gasteiger partial charge in [0.2, 0.25) is 10.0 Å². The van der Waals surface area contributed by atoms with Gasteiger partial charge < -0.3 is 5.73 Å². The number of halogens is 2. The van der Waals surface area contributed by atoms with Crippen molar-refractivity contribution in [2.24, 2.45) is 11.1 Å². The normalized spacial score (nSPS) is 23.4. The molecule has 116 valence electrons. The van der Waals surface area contributed by atoms with Crippen LogP contribution in [0.15, 0.2) is 14.7 Å². The summed E-state index contributed by atoms with van der Waals surface area (Å²) in [6.07, 6.45) is 0.705. The van der Waals surface area contributed by atoms with Gasteiger partial charge in [0, 0.05) is 24.0 Å². The maximum Gasteiger partial charge on any atom is 0.244 e. The maximum atomic E-state index is 12.7. The first-order chi connectivity index (χ1) is 8.64. The summed E-state index contributed by atoms with van der Waals surface area (Å²) >= 11 is 4.79. The second-order valence-electron chi connectivity index (χ2n) is 5.69. The Morgan fingerprint density at radius 1 is 1.50 bits per heavy atom. The van der Waals surface area contributed by atoms with Crippen LogP contribution >= 0.6 is 39.7 Å². The molecule has 1 fully saturated rings. The molecular formula is C12H20BrClN2O2S2. The van der Waals surface area contributed by atoms with E-state index in [2.05, 4.69) is 15.9 Å². The van der Waals surface area contributed by atoms with Gasteiger partial charge in [-0.25, -0.2) is 8.42 Å². The molecule has 1 atom stereocenters. The molecule has 1 aliphatic heterocycles. The predicted molar refractivity (Wildman–Crippen MR) is 89.1 cm³/mol. The molecule has 2 N–H and O–H groups in total. The number of piperidine rings is 1. The van der Waals surface area contributed by atoms with E-state index in [4.69, 9.17) is 5.73 Å². The van der Waals surface area contributed by atoms with Crippen LogP contribution < -0.4 is 5.73 Å². The second-order valence-corrected chi connectivity index (χ2v) is 10.2. The van der Waals surface area contributed by atoms with Crippen molar-refractivity contribution in [2.45, 2.75) is 38.1 Å². The van der Waals surface area contributed by atoms with Gasteiger partial charge in [0.1, 0.15) is 0 Å². The third-order valence-electron chi connectivity index (χ3n) is 3.74. The van der Waals surface area contributed by atoms with Crippen LogP contribution in [0.25, 0.3) is 0 Å². The summed E-state index contributed by atoms with van der Waals surface area (Å²) in [5, 5.41) is 0. The molecule has 0 aliphatic carbocycles. The number of sulfonamides is 1. The number of nitrogens with zero attached hydrogens (tertiary/aromatic N) is 1. The Morgan fingerprint density at radius 3 is 2.55 bits per heavy atom. The van der Waals surface area contributed by atoms with Gasteiger partial charge in [0.25, 0.3) is 0 Å². The highest BCUT2D eigenvalue weighted by atomic mass is 79.9. The molecule has 0 saturated carbocycles. The first-order valence-electron chi connectivity index (χ1n) is 6.16. The Hall–Kier alpha value is 0.340. The summed E-state index contributed by atoms with van der Waals surface area (Å²) in [6.45, 7) is 6.86. The molecule has 2 rings (SSSR count). The van der Waals surface area contributed by atoms with Crippen molar-refractivity contribution >= 4 is 49.7 Å². The molecule has 4 nitrogen and oxygen atoms in total. The van der Waals surface area contributed by atoms with Crippen molar-refractivity contribution in [1.82, 2.24) is 4.31 Å². The summed E-state index contributed by atoms with van der Waals surface area (Å²) in [5.41, 5.74) is 5.88. The lowest BCUT2D eigenvalue weighted by molar-refractivity contribution is 0.155. The fraction of sp³-hybridized carbons (Fsp3) is 0.667. The fourth-order valence-electron chi connectivity index (χ4n) is 2.36. The number of thiophene rings is 1. The highest BCUT2D eigenvalue weighted by Gasteiger charge is 2.39. The smallest absolute Gasteiger partial charge is 0.244 e. The number of aryl methyl sites for hydroxylation is 1. The van der Waals surface area contributed by atoms with Crippen molar-refractivity contribution < 1.29 is 8.42 Å². The largest absolute Gasteiger partial charge is 0.327 e. The van der Waals surface area contributed by atoms with Crippen LogP contribution in [-0.4, -0.2) is 31.9 Å².